The molecule has 8 heteroatoms. The summed E-state index contributed by atoms with van der Waals surface area (Å²) in [6.07, 6.45) is -4.80. The molecule has 114 valence electrons. The van der Waals surface area contributed by atoms with Crippen LogP contribution in [-0.4, -0.2) is 13.0 Å². The number of alkyl halides is 3. The summed E-state index contributed by atoms with van der Waals surface area (Å²) in [5, 5.41) is 8.68. The molecule has 0 aromatic heterocycles. The minimum atomic E-state index is -4.80. The third-order valence-electron chi connectivity index (χ3n) is 2.92. The average molecular weight is 327 g/mol. The van der Waals surface area contributed by atoms with Crippen LogP contribution >= 0.6 is 0 Å². The van der Waals surface area contributed by atoms with E-state index in [1.807, 2.05) is 6.07 Å². The van der Waals surface area contributed by atoms with Crippen molar-refractivity contribution in [1.29, 1.82) is 5.26 Å². The van der Waals surface area contributed by atoms with Gasteiger partial charge in [-0.15, -0.1) is 0 Å². The van der Waals surface area contributed by atoms with E-state index >= 15 is 0 Å². The van der Waals surface area contributed by atoms with Crippen molar-refractivity contribution in [3.8, 4) is 17.2 Å². The fourth-order valence-corrected chi connectivity index (χ4v) is 2.40. The first-order chi connectivity index (χ1) is 10.1. The lowest BCUT2D eigenvalue weighted by Crippen LogP contribution is -2.09. The molecule has 2 aromatic carbocycles. The van der Waals surface area contributed by atoms with Crippen LogP contribution in [0.4, 0.5) is 13.2 Å². The van der Waals surface area contributed by atoms with Crippen molar-refractivity contribution in [2.45, 2.75) is 11.1 Å². The third kappa shape index (κ3) is 3.27. The van der Waals surface area contributed by atoms with Crippen LogP contribution in [0.1, 0.15) is 11.1 Å². The van der Waals surface area contributed by atoms with Crippen LogP contribution < -0.4 is 0 Å². The standard InChI is InChI=1S/C14H8F3NO3S/c15-14(16,17)13-7-11(22(19,20)21)5-6-12(13)10-3-1-9(8-18)2-4-10/h1-7H,(H,19,20,21). The molecular weight excluding hydrogens is 319 g/mol. The fourth-order valence-electron chi connectivity index (χ4n) is 1.89. The number of nitrogens with zero attached hydrogens (tertiary/aromatic N) is 1. The highest BCUT2D eigenvalue weighted by atomic mass is 32.2. The van der Waals surface area contributed by atoms with Gasteiger partial charge in [-0.1, -0.05) is 18.2 Å². The molecule has 0 aliphatic carbocycles. The van der Waals surface area contributed by atoms with Gasteiger partial charge in [0.05, 0.1) is 22.1 Å². The summed E-state index contributed by atoms with van der Waals surface area (Å²) in [4.78, 5) is -0.836. The van der Waals surface area contributed by atoms with Crippen LogP contribution in [0.3, 0.4) is 0 Å². The zero-order valence-electron chi connectivity index (χ0n) is 10.8. The summed E-state index contributed by atoms with van der Waals surface area (Å²) in [5.41, 5.74) is -0.975. The van der Waals surface area contributed by atoms with Gasteiger partial charge in [-0.25, -0.2) is 0 Å². The van der Waals surface area contributed by atoms with Crippen molar-refractivity contribution >= 4 is 10.1 Å². The highest BCUT2D eigenvalue weighted by Crippen LogP contribution is 2.38. The van der Waals surface area contributed by atoms with Crippen molar-refractivity contribution in [2.24, 2.45) is 0 Å². The SMILES string of the molecule is N#Cc1ccc(-c2ccc(S(=O)(=O)O)cc2C(F)(F)F)cc1. The van der Waals surface area contributed by atoms with Crippen LogP contribution in [0.15, 0.2) is 47.4 Å². The molecule has 4 nitrogen and oxygen atoms in total. The number of hydrogen-bond donors (Lipinski definition) is 1. The number of rotatable bonds is 2. The van der Waals surface area contributed by atoms with Gasteiger partial charge < -0.3 is 0 Å². The Morgan fingerprint density at radius 2 is 1.64 bits per heavy atom. The molecule has 0 aliphatic heterocycles. The van der Waals surface area contributed by atoms with E-state index in [0.717, 1.165) is 12.1 Å². The molecule has 0 atom stereocenters. The third-order valence-corrected chi connectivity index (χ3v) is 3.77. The van der Waals surface area contributed by atoms with E-state index in [0.29, 0.717) is 6.07 Å². The van der Waals surface area contributed by atoms with Crippen LogP contribution in [0.25, 0.3) is 11.1 Å². The van der Waals surface area contributed by atoms with Crippen LogP contribution in [0.5, 0.6) is 0 Å². The Morgan fingerprint density at radius 1 is 1.05 bits per heavy atom. The van der Waals surface area contributed by atoms with E-state index in [9.17, 15) is 21.6 Å². The van der Waals surface area contributed by atoms with Gasteiger partial charge in [0.25, 0.3) is 10.1 Å². The van der Waals surface area contributed by atoms with E-state index in [1.165, 1.54) is 24.3 Å². The lowest BCUT2D eigenvalue weighted by Gasteiger charge is -2.14. The molecule has 0 amide bonds. The summed E-state index contributed by atoms with van der Waals surface area (Å²) in [6, 6.07) is 9.44. The van der Waals surface area contributed by atoms with Crippen molar-refractivity contribution in [2.75, 3.05) is 0 Å². The number of hydrogen-bond acceptors (Lipinski definition) is 3. The molecule has 0 heterocycles. The van der Waals surface area contributed by atoms with Crippen molar-refractivity contribution < 1.29 is 26.1 Å². The maximum absolute atomic E-state index is 13.1. The van der Waals surface area contributed by atoms with Gasteiger partial charge in [-0.2, -0.15) is 26.9 Å². The predicted molar refractivity (Wildman–Crippen MR) is 71.4 cm³/mol. The average Bonchev–Trinajstić information content (AvgIpc) is 2.45. The molecule has 2 aromatic rings. The van der Waals surface area contributed by atoms with Crippen LogP contribution in [0.2, 0.25) is 0 Å². The first kappa shape index (κ1) is 16.0. The first-order valence-electron chi connectivity index (χ1n) is 5.82. The molecule has 0 saturated carbocycles. The molecule has 0 fully saturated rings. The first-order valence-corrected chi connectivity index (χ1v) is 7.26. The quantitative estimate of drug-likeness (QED) is 0.857. The number of benzene rings is 2. The zero-order valence-corrected chi connectivity index (χ0v) is 11.6. The predicted octanol–water partition coefficient (Wildman–Crippen LogP) is 3.49. The van der Waals surface area contributed by atoms with E-state index in [-0.39, 0.29) is 16.7 Å². The summed E-state index contributed by atoms with van der Waals surface area (Å²) in [5.74, 6) is 0. The van der Waals surface area contributed by atoms with Crippen molar-refractivity contribution in [3.63, 3.8) is 0 Å². The smallest absolute Gasteiger partial charge is 0.282 e. The van der Waals surface area contributed by atoms with E-state index < -0.39 is 26.8 Å². The highest BCUT2D eigenvalue weighted by molar-refractivity contribution is 7.85. The Labute approximate surface area is 124 Å². The molecule has 2 rings (SSSR count). The highest BCUT2D eigenvalue weighted by Gasteiger charge is 2.35. The van der Waals surface area contributed by atoms with Gasteiger partial charge in [0, 0.05) is 0 Å². The summed E-state index contributed by atoms with van der Waals surface area (Å²) >= 11 is 0. The van der Waals surface area contributed by atoms with Crippen molar-refractivity contribution in [1.82, 2.24) is 0 Å². The molecule has 0 saturated heterocycles. The maximum Gasteiger partial charge on any atom is 0.417 e. The zero-order chi connectivity index (χ0) is 16.5. The largest absolute Gasteiger partial charge is 0.417 e. The second-order valence-electron chi connectivity index (χ2n) is 4.37. The summed E-state index contributed by atoms with van der Waals surface area (Å²) in [6.45, 7) is 0. The Hall–Kier alpha value is -2.37. The van der Waals surface area contributed by atoms with Gasteiger partial charge in [0.1, 0.15) is 0 Å². The van der Waals surface area contributed by atoms with Crippen LogP contribution in [-0.2, 0) is 16.3 Å². The Kier molecular flexibility index (Phi) is 3.96. The fraction of sp³-hybridized carbons (Fsp3) is 0.0714. The molecule has 1 N–H and O–H groups in total. The minimum Gasteiger partial charge on any atom is -0.282 e. The van der Waals surface area contributed by atoms with Gasteiger partial charge in [0.2, 0.25) is 0 Å². The van der Waals surface area contributed by atoms with Gasteiger partial charge in [0.15, 0.2) is 0 Å². The lowest BCUT2D eigenvalue weighted by atomic mass is 9.98. The molecule has 0 aliphatic rings. The normalized spacial score (nSPS) is 12.0. The Morgan fingerprint density at radius 3 is 2.09 bits per heavy atom. The molecular formula is C14H8F3NO3S. The van der Waals surface area contributed by atoms with Crippen LogP contribution in [0, 0.1) is 11.3 Å². The maximum atomic E-state index is 13.1. The molecule has 0 unspecified atom stereocenters. The van der Waals surface area contributed by atoms with Gasteiger partial charge in [-0.05, 0) is 35.4 Å². The number of halogens is 3. The Bertz CT molecular complexity index is 850. The molecule has 0 bridgehead atoms. The van der Waals surface area contributed by atoms with E-state index in [2.05, 4.69) is 0 Å². The number of nitriles is 1. The topological polar surface area (TPSA) is 78.2 Å². The molecule has 22 heavy (non-hydrogen) atoms. The lowest BCUT2D eigenvalue weighted by molar-refractivity contribution is -0.137. The second kappa shape index (κ2) is 5.44. The van der Waals surface area contributed by atoms with Gasteiger partial charge >= 0.3 is 6.18 Å². The monoisotopic (exact) mass is 327 g/mol. The molecule has 0 radical (unpaired) electrons. The summed E-state index contributed by atoms with van der Waals surface area (Å²) < 4.78 is 70.2. The van der Waals surface area contributed by atoms with Gasteiger partial charge in [-0.3, -0.25) is 4.55 Å². The second-order valence-corrected chi connectivity index (χ2v) is 5.79. The molecule has 0 spiro atoms. The van der Waals surface area contributed by atoms with E-state index in [1.54, 1.807) is 0 Å². The van der Waals surface area contributed by atoms with E-state index in [4.69, 9.17) is 9.81 Å². The minimum absolute atomic E-state index is 0.174. The Balaban J connectivity index is 2.67. The van der Waals surface area contributed by atoms with Crippen molar-refractivity contribution in [3.05, 3.63) is 53.6 Å². The summed E-state index contributed by atoms with van der Waals surface area (Å²) in [7, 11) is -4.74.